The maximum atomic E-state index is 5.32. The minimum atomic E-state index is -0.211. The molecule has 0 atom stereocenters. The molecule has 0 unspecified atom stereocenters. The van der Waals surface area contributed by atoms with Gasteiger partial charge in [0.15, 0.2) is 6.29 Å². The van der Waals surface area contributed by atoms with Gasteiger partial charge < -0.3 is 14.3 Å². The fourth-order valence-corrected chi connectivity index (χ4v) is 0.890. The summed E-state index contributed by atoms with van der Waals surface area (Å²) in [7, 11) is 0. The molecule has 0 saturated carbocycles. The van der Waals surface area contributed by atoms with Gasteiger partial charge in [-0.1, -0.05) is 13.8 Å². The summed E-state index contributed by atoms with van der Waals surface area (Å²) in [5.41, 5.74) is 2.84. The van der Waals surface area contributed by atoms with Crippen LogP contribution in [-0.2, 0) is 14.3 Å². The van der Waals surface area contributed by atoms with Gasteiger partial charge in [0, 0.05) is 13.2 Å². The van der Waals surface area contributed by atoms with E-state index in [-0.39, 0.29) is 6.29 Å². The van der Waals surface area contributed by atoms with Gasteiger partial charge in [-0.25, -0.2) is 0 Å². The molecule has 0 bridgehead atoms. The van der Waals surface area contributed by atoms with E-state index >= 15 is 0 Å². The Morgan fingerprint density at radius 1 is 1.07 bits per heavy atom. The van der Waals surface area contributed by atoms with Crippen molar-refractivity contribution in [2.75, 3.05) is 26.4 Å². The van der Waals surface area contributed by atoms with Gasteiger partial charge in [0.1, 0.15) is 0 Å². The molecule has 0 aromatic carbocycles. The average Bonchev–Trinajstić information content (AvgIpc) is 2.12. The summed E-state index contributed by atoms with van der Waals surface area (Å²) >= 11 is 0. The van der Waals surface area contributed by atoms with E-state index in [9.17, 15) is 0 Å². The first kappa shape index (κ1) is 13.8. The largest absolute Gasteiger partial charge is 0.351 e. The molecule has 4 nitrogen and oxygen atoms in total. The fourth-order valence-electron chi connectivity index (χ4n) is 0.890. The highest BCUT2D eigenvalue weighted by Gasteiger charge is 2.06. The van der Waals surface area contributed by atoms with Crippen molar-refractivity contribution in [1.29, 1.82) is 0 Å². The number of nitrogens with one attached hydrogen (secondary N) is 1. The number of hydroxylamine groups is 1. The van der Waals surface area contributed by atoms with E-state index in [0.717, 1.165) is 0 Å². The molecule has 0 heterocycles. The Morgan fingerprint density at radius 2 is 1.64 bits per heavy atom. The lowest BCUT2D eigenvalue weighted by Crippen LogP contribution is -2.32. The molecule has 0 radical (unpaired) electrons. The summed E-state index contributed by atoms with van der Waals surface area (Å²) in [6, 6.07) is 0. The van der Waals surface area contributed by atoms with E-state index in [4.69, 9.17) is 14.3 Å². The Labute approximate surface area is 86.9 Å². The SMILES string of the molecule is CCOC(CNOCC(C)C)OCC. The second-order valence-corrected chi connectivity index (χ2v) is 3.39. The maximum Gasteiger partial charge on any atom is 0.172 e. The number of rotatable bonds is 9. The third-order valence-electron chi connectivity index (χ3n) is 1.47. The van der Waals surface area contributed by atoms with Crippen LogP contribution in [0, 0.1) is 5.92 Å². The second kappa shape index (κ2) is 9.40. The van der Waals surface area contributed by atoms with Gasteiger partial charge in [0.05, 0.1) is 13.2 Å². The summed E-state index contributed by atoms with van der Waals surface area (Å²) in [5.74, 6) is 0.528. The van der Waals surface area contributed by atoms with Crippen LogP contribution in [0.15, 0.2) is 0 Å². The quantitative estimate of drug-likeness (QED) is 0.352. The summed E-state index contributed by atoms with van der Waals surface area (Å²) in [6.45, 7) is 10.7. The van der Waals surface area contributed by atoms with Gasteiger partial charge in [-0.15, -0.1) is 0 Å². The summed E-state index contributed by atoms with van der Waals surface area (Å²) in [4.78, 5) is 5.21. The van der Waals surface area contributed by atoms with Crippen molar-refractivity contribution >= 4 is 0 Å². The summed E-state index contributed by atoms with van der Waals surface area (Å²) in [5, 5.41) is 0. The van der Waals surface area contributed by atoms with Gasteiger partial charge in [-0.2, -0.15) is 5.48 Å². The van der Waals surface area contributed by atoms with Crippen LogP contribution in [0.4, 0.5) is 0 Å². The van der Waals surface area contributed by atoms with Crippen LogP contribution in [0.3, 0.4) is 0 Å². The van der Waals surface area contributed by atoms with Crippen molar-refractivity contribution < 1.29 is 14.3 Å². The predicted molar refractivity (Wildman–Crippen MR) is 55.8 cm³/mol. The van der Waals surface area contributed by atoms with E-state index in [1.54, 1.807) is 0 Å². The minimum Gasteiger partial charge on any atom is -0.351 e. The molecule has 1 N–H and O–H groups in total. The van der Waals surface area contributed by atoms with E-state index in [1.807, 2.05) is 13.8 Å². The van der Waals surface area contributed by atoms with Crippen molar-refractivity contribution in [2.24, 2.45) is 5.92 Å². The number of hydrogen-bond acceptors (Lipinski definition) is 4. The lowest BCUT2D eigenvalue weighted by molar-refractivity contribution is -0.150. The zero-order chi connectivity index (χ0) is 10.8. The molecule has 4 heteroatoms. The Hall–Kier alpha value is -0.160. The predicted octanol–water partition coefficient (Wildman–Crippen LogP) is 1.56. The summed E-state index contributed by atoms with van der Waals surface area (Å²) < 4.78 is 10.6. The van der Waals surface area contributed by atoms with E-state index in [1.165, 1.54) is 0 Å². The Kier molecular flexibility index (Phi) is 9.29. The normalized spacial score (nSPS) is 11.6. The van der Waals surface area contributed by atoms with Crippen molar-refractivity contribution in [3.05, 3.63) is 0 Å². The summed E-state index contributed by atoms with van der Waals surface area (Å²) in [6.07, 6.45) is -0.211. The molecule has 0 aromatic heterocycles. The highest BCUT2D eigenvalue weighted by molar-refractivity contribution is 4.45. The third kappa shape index (κ3) is 8.44. The van der Waals surface area contributed by atoms with E-state index in [0.29, 0.717) is 32.3 Å². The van der Waals surface area contributed by atoms with Crippen molar-refractivity contribution in [1.82, 2.24) is 5.48 Å². The zero-order valence-electron chi connectivity index (χ0n) is 9.71. The molecule has 0 fully saturated rings. The van der Waals surface area contributed by atoms with Crippen molar-refractivity contribution in [2.45, 2.75) is 34.0 Å². The topological polar surface area (TPSA) is 39.7 Å². The van der Waals surface area contributed by atoms with Crippen LogP contribution in [0.1, 0.15) is 27.7 Å². The Morgan fingerprint density at radius 3 is 2.07 bits per heavy atom. The highest BCUT2D eigenvalue weighted by atomic mass is 16.7. The molecule has 0 aliphatic heterocycles. The standard InChI is InChI=1S/C10H23NO3/c1-5-12-10(13-6-2)7-11-14-8-9(3)4/h9-11H,5-8H2,1-4H3. The van der Waals surface area contributed by atoms with Gasteiger partial charge >= 0.3 is 0 Å². The van der Waals surface area contributed by atoms with Gasteiger partial charge in [-0.05, 0) is 19.8 Å². The first-order valence-corrected chi connectivity index (χ1v) is 5.28. The Balaban J connectivity index is 3.40. The minimum absolute atomic E-state index is 0.211. The maximum absolute atomic E-state index is 5.32. The first-order valence-electron chi connectivity index (χ1n) is 5.28. The molecule has 0 spiro atoms. The molecule has 0 aliphatic carbocycles. The average molecular weight is 205 g/mol. The lowest BCUT2D eigenvalue weighted by atomic mass is 10.2. The van der Waals surface area contributed by atoms with E-state index in [2.05, 4.69) is 19.3 Å². The molecule has 0 amide bonds. The van der Waals surface area contributed by atoms with Crippen LogP contribution >= 0.6 is 0 Å². The van der Waals surface area contributed by atoms with Gasteiger partial charge in [0.25, 0.3) is 0 Å². The molecule has 14 heavy (non-hydrogen) atoms. The smallest absolute Gasteiger partial charge is 0.172 e. The molecule has 0 aliphatic rings. The van der Waals surface area contributed by atoms with Crippen LogP contribution in [0.2, 0.25) is 0 Å². The molecule has 0 rings (SSSR count). The second-order valence-electron chi connectivity index (χ2n) is 3.39. The molecular formula is C10H23NO3. The van der Waals surface area contributed by atoms with Gasteiger partial charge in [0.2, 0.25) is 0 Å². The number of ether oxygens (including phenoxy) is 2. The first-order chi connectivity index (χ1) is 6.70. The molecular weight excluding hydrogens is 182 g/mol. The third-order valence-corrected chi connectivity index (χ3v) is 1.47. The van der Waals surface area contributed by atoms with Crippen molar-refractivity contribution in [3.63, 3.8) is 0 Å². The zero-order valence-corrected chi connectivity index (χ0v) is 9.71. The molecule has 86 valence electrons. The highest BCUT2D eigenvalue weighted by Crippen LogP contribution is 1.94. The Bertz CT molecular complexity index is 114. The van der Waals surface area contributed by atoms with Crippen LogP contribution < -0.4 is 5.48 Å². The van der Waals surface area contributed by atoms with E-state index < -0.39 is 0 Å². The fraction of sp³-hybridized carbons (Fsp3) is 1.00. The molecule has 0 aromatic rings. The van der Waals surface area contributed by atoms with Gasteiger partial charge in [-0.3, -0.25) is 0 Å². The van der Waals surface area contributed by atoms with Crippen molar-refractivity contribution in [3.8, 4) is 0 Å². The van der Waals surface area contributed by atoms with Crippen LogP contribution in [-0.4, -0.2) is 32.7 Å². The van der Waals surface area contributed by atoms with Crippen LogP contribution in [0.25, 0.3) is 0 Å². The monoisotopic (exact) mass is 205 g/mol. The van der Waals surface area contributed by atoms with Crippen LogP contribution in [0.5, 0.6) is 0 Å². The molecule has 0 saturated heterocycles. The number of hydrogen-bond donors (Lipinski definition) is 1. The lowest BCUT2D eigenvalue weighted by Gasteiger charge is -2.17.